The Hall–Kier alpha value is -3.11. The van der Waals surface area contributed by atoms with Crippen molar-refractivity contribution in [2.75, 3.05) is 23.3 Å². The molecule has 0 bridgehead atoms. The average Bonchev–Trinajstić information content (AvgIpc) is 2.94. The largest absolute Gasteiger partial charge is 0.487 e. The molecule has 2 aromatic heterocycles. The number of aromatic nitrogens is 3. The van der Waals surface area contributed by atoms with Crippen molar-refractivity contribution in [1.29, 1.82) is 0 Å². The van der Waals surface area contributed by atoms with Gasteiger partial charge in [0.05, 0.1) is 23.0 Å². The topological polar surface area (TPSA) is 104 Å². The molecule has 1 fully saturated rings. The van der Waals surface area contributed by atoms with Crippen LogP contribution in [0, 0.1) is 17.6 Å². The molecule has 224 valence electrons. The zero-order chi connectivity index (χ0) is 29.7. The van der Waals surface area contributed by atoms with Crippen molar-refractivity contribution in [3.63, 3.8) is 0 Å². The van der Waals surface area contributed by atoms with E-state index in [-0.39, 0.29) is 17.9 Å². The van der Waals surface area contributed by atoms with Gasteiger partial charge in [0.25, 0.3) is 0 Å². The van der Waals surface area contributed by atoms with Gasteiger partial charge >= 0.3 is 0 Å². The zero-order valence-corrected chi connectivity index (χ0v) is 24.7. The summed E-state index contributed by atoms with van der Waals surface area (Å²) in [5.41, 5.74) is 0.0931. The third kappa shape index (κ3) is 7.80. The van der Waals surface area contributed by atoms with Gasteiger partial charge in [0, 0.05) is 38.0 Å². The fraction of sp³-hybridized carbons (Fsp3) is 0.581. The van der Waals surface area contributed by atoms with Crippen LogP contribution in [0.2, 0.25) is 0 Å². The summed E-state index contributed by atoms with van der Waals surface area (Å²) in [5.74, 6) is 0.722. The number of rotatable bonds is 12. The maximum atomic E-state index is 14.2. The van der Waals surface area contributed by atoms with Gasteiger partial charge in [-0.15, -0.1) is 0 Å². The van der Waals surface area contributed by atoms with E-state index in [1.807, 2.05) is 0 Å². The minimum atomic E-state index is -1.37. The van der Waals surface area contributed by atoms with Crippen LogP contribution in [0.15, 0.2) is 30.5 Å². The summed E-state index contributed by atoms with van der Waals surface area (Å²) in [6.07, 6.45) is 5.45. The SMILES string of the molecule is CCCC(CC(C)CC)Nc1nc2cnc(C(O)C(C)(C)O)cc2nc1N1CCC(Oc2cc(F)ccc2F)CC1. The van der Waals surface area contributed by atoms with E-state index < -0.39 is 23.3 Å². The first kappa shape index (κ1) is 30.8. The zero-order valence-electron chi connectivity index (χ0n) is 24.7. The van der Waals surface area contributed by atoms with Gasteiger partial charge in [-0.3, -0.25) is 4.98 Å². The first-order chi connectivity index (χ1) is 19.5. The number of hydrogen-bond donors (Lipinski definition) is 3. The van der Waals surface area contributed by atoms with Crippen LogP contribution in [-0.2, 0) is 0 Å². The number of pyridine rings is 1. The fourth-order valence-electron chi connectivity index (χ4n) is 5.17. The van der Waals surface area contributed by atoms with Crippen LogP contribution in [0.5, 0.6) is 5.75 Å². The molecule has 3 aromatic rings. The second kappa shape index (κ2) is 13.2. The predicted octanol–water partition coefficient (Wildman–Crippen LogP) is 6.17. The highest BCUT2D eigenvalue weighted by atomic mass is 19.1. The lowest BCUT2D eigenvalue weighted by atomic mass is 9.96. The molecule has 4 rings (SSSR count). The number of ether oxygens (including phenoxy) is 1. The van der Waals surface area contributed by atoms with Gasteiger partial charge in [-0.2, -0.15) is 0 Å². The number of halogens is 2. The standard InChI is InChI=1S/C31H43F2N5O3/c1-6-8-21(15-19(3)7-2)35-29-30(37-24-17-25(28(39)31(4,5)40)34-18-26(24)36-29)38-13-11-22(12-14-38)41-27-16-20(32)9-10-23(27)33/h9-10,16-19,21-22,28,39-40H,6-8,11-15H2,1-5H3,(H,35,36). The molecule has 0 spiro atoms. The van der Waals surface area contributed by atoms with Gasteiger partial charge in [-0.05, 0) is 50.8 Å². The molecule has 0 radical (unpaired) electrons. The quantitative estimate of drug-likeness (QED) is 0.237. The van der Waals surface area contributed by atoms with Crippen LogP contribution in [0.4, 0.5) is 20.4 Å². The molecular weight excluding hydrogens is 528 g/mol. The summed E-state index contributed by atoms with van der Waals surface area (Å²) < 4.78 is 33.6. The second-order valence-electron chi connectivity index (χ2n) is 11.8. The molecule has 1 saturated heterocycles. The van der Waals surface area contributed by atoms with Crippen LogP contribution in [0.25, 0.3) is 11.0 Å². The molecule has 0 amide bonds. The van der Waals surface area contributed by atoms with Crippen LogP contribution in [0.3, 0.4) is 0 Å². The molecule has 41 heavy (non-hydrogen) atoms. The van der Waals surface area contributed by atoms with Crippen LogP contribution < -0.4 is 15.0 Å². The molecule has 3 unspecified atom stereocenters. The molecule has 3 N–H and O–H groups in total. The Kier molecular flexibility index (Phi) is 9.96. The predicted molar refractivity (Wildman–Crippen MR) is 157 cm³/mol. The number of anilines is 2. The Bertz CT molecular complexity index is 1310. The smallest absolute Gasteiger partial charge is 0.172 e. The maximum absolute atomic E-state index is 14.2. The highest BCUT2D eigenvalue weighted by Gasteiger charge is 2.29. The first-order valence-electron chi connectivity index (χ1n) is 14.7. The van der Waals surface area contributed by atoms with Crippen molar-refractivity contribution in [3.05, 3.63) is 47.8 Å². The highest BCUT2D eigenvalue weighted by Crippen LogP contribution is 2.32. The van der Waals surface area contributed by atoms with E-state index in [1.165, 1.54) is 13.8 Å². The minimum Gasteiger partial charge on any atom is -0.487 e. The highest BCUT2D eigenvalue weighted by molar-refractivity contribution is 5.80. The van der Waals surface area contributed by atoms with Gasteiger partial charge < -0.3 is 25.2 Å². The molecule has 3 heterocycles. The van der Waals surface area contributed by atoms with Crippen molar-refractivity contribution < 1.29 is 23.7 Å². The fourth-order valence-corrected chi connectivity index (χ4v) is 5.17. The molecular formula is C31H43F2N5O3. The number of nitrogens with one attached hydrogen (secondary N) is 1. The summed E-state index contributed by atoms with van der Waals surface area (Å²) in [5, 5.41) is 24.6. The Labute approximate surface area is 241 Å². The molecule has 10 heteroatoms. The lowest BCUT2D eigenvalue weighted by molar-refractivity contribution is -0.0516. The summed E-state index contributed by atoms with van der Waals surface area (Å²) >= 11 is 0. The van der Waals surface area contributed by atoms with Crippen molar-refractivity contribution in [2.24, 2.45) is 5.92 Å². The molecule has 1 aromatic carbocycles. The number of benzene rings is 1. The third-order valence-corrected chi connectivity index (χ3v) is 7.79. The number of aliphatic hydroxyl groups excluding tert-OH is 1. The Morgan fingerprint density at radius 3 is 2.51 bits per heavy atom. The Morgan fingerprint density at radius 1 is 1.12 bits per heavy atom. The number of piperidine rings is 1. The summed E-state index contributed by atoms with van der Waals surface area (Å²) in [6.45, 7) is 10.9. The van der Waals surface area contributed by atoms with Gasteiger partial charge in [0.1, 0.15) is 23.5 Å². The van der Waals surface area contributed by atoms with E-state index in [0.29, 0.717) is 60.2 Å². The van der Waals surface area contributed by atoms with E-state index in [4.69, 9.17) is 14.7 Å². The van der Waals surface area contributed by atoms with Crippen molar-refractivity contribution in [2.45, 2.75) is 97.0 Å². The molecule has 0 saturated carbocycles. The van der Waals surface area contributed by atoms with Crippen LogP contribution in [0.1, 0.15) is 84.9 Å². The van der Waals surface area contributed by atoms with E-state index in [9.17, 15) is 19.0 Å². The molecule has 3 atom stereocenters. The first-order valence-corrected chi connectivity index (χ1v) is 14.7. The average molecular weight is 572 g/mol. The van der Waals surface area contributed by atoms with Crippen LogP contribution in [-0.4, -0.2) is 56.0 Å². The number of aliphatic hydroxyl groups is 2. The number of nitrogens with zero attached hydrogens (tertiary/aromatic N) is 4. The van der Waals surface area contributed by atoms with Gasteiger partial charge in [-0.25, -0.2) is 18.7 Å². The van der Waals surface area contributed by atoms with Gasteiger partial charge in [0.2, 0.25) is 0 Å². The number of fused-ring (bicyclic) bond motifs is 1. The molecule has 8 nitrogen and oxygen atoms in total. The minimum absolute atomic E-state index is 0.0749. The monoisotopic (exact) mass is 571 g/mol. The van der Waals surface area contributed by atoms with E-state index in [1.54, 1.807) is 12.3 Å². The van der Waals surface area contributed by atoms with Crippen molar-refractivity contribution >= 4 is 22.7 Å². The van der Waals surface area contributed by atoms with Gasteiger partial charge in [0.15, 0.2) is 23.2 Å². The summed E-state index contributed by atoms with van der Waals surface area (Å²) in [7, 11) is 0. The van der Waals surface area contributed by atoms with E-state index >= 15 is 0 Å². The lowest BCUT2D eigenvalue weighted by Crippen LogP contribution is -2.39. The molecule has 0 aliphatic carbocycles. The normalized spacial score (nSPS) is 17.0. The Balaban J connectivity index is 1.63. The summed E-state index contributed by atoms with van der Waals surface area (Å²) in [4.78, 5) is 16.4. The Morgan fingerprint density at radius 2 is 1.85 bits per heavy atom. The molecule has 1 aliphatic heterocycles. The van der Waals surface area contributed by atoms with Crippen molar-refractivity contribution in [3.8, 4) is 5.75 Å². The van der Waals surface area contributed by atoms with E-state index in [2.05, 4.69) is 36.0 Å². The molecule has 1 aliphatic rings. The summed E-state index contributed by atoms with van der Waals surface area (Å²) in [6, 6.07) is 5.13. The maximum Gasteiger partial charge on any atom is 0.172 e. The second-order valence-corrected chi connectivity index (χ2v) is 11.8. The van der Waals surface area contributed by atoms with Gasteiger partial charge in [-0.1, -0.05) is 33.6 Å². The lowest BCUT2D eigenvalue weighted by Gasteiger charge is -2.34. The number of hydrogen-bond acceptors (Lipinski definition) is 8. The van der Waals surface area contributed by atoms with Crippen molar-refractivity contribution in [1.82, 2.24) is 15.0 Å². The van der Waals surface area contributed by atoms with Crippen LogP contribution >= 0.6 is 0 Å². The third-order valence-electron chi connectivity index (χ3n) is 7.79. The van der Waals surface area contributed by atoms with E-state index in [0.717, 1.165) is 43.9 Å².